The molecule has 0 bridgehead atoms. The molecule has 3 nitrogen and oxygen atoms in total. The fourth-order valence-electron chi connectivity index (χ4n) is 1.38. The zero-order valence-corrected chi connectivity index (χ0v) is 7.50. The Hall–Kier alpha value is -1.35. The van der Waals surface area contributed by atoms with Gasteiger partial charge in [-0.2, -0.15) is 0 Å². The van der Waals surface area contributed by atoms with Crippen LogP contribution in [-0.4, -0.2) is 16.6 Å². The van der Waals surface area contributed by atoms with E-state index < -0.39 is 0 Å². The van der Waals surface area contributed by atoms with Gasteiger partial charge < -0.3 is 4.98 Å². The minimum absolute atomic E-state index is 0.112. The molecule has 1 aromatic heterocycles. The van der Waals surface area contributed by atoms with E-state index in [1.807, 2.05) is 25.1 Å². The summed E-state index contributed by atoms with van der Waals surface area (Å²) in [5.74, 6) is 0.788. The van der Waals surface area contributed by atoms with Crippen molar-refractivity contribution in [2.24, 2.45) is 0 Å². The fourth-order valence-corrected chi connectivity index (χ4v) is 1.38. The SMILES string of the molecule is Cc1ccc2[nH]c(CC[O])nc2c1. The smallest absolute Gasteiger partial charge is 0.109 e. The lowest BCUT2D eigenvalue weighted by Gasteiger charge is -1.89. The van der Waals surface area contributed by atoms with Gasteiger partial charge in [0.1, 0.15) is 5.82 Å². The molecule has 0 aliphatic rings. The number of benzene rings is 1. The van der Waals surface area contributed by atoms with E-state index in [2.05, 4.69) is 9.97 Å². The maximum atomic E-state index is 10.4. The Balaban J connectivity index is 2.49. The number of fused-ring (bicyclic) bond motifs is 1. The summed E-state index contributed by atoms with van der Waals surface area (Å²) in [6, 6.07) is 6.04. The van der Waals surface area contributed by atoms with Crippen molar-refractivity contribution in [3.8, 4) is 0 Å². The largest absolute Gasteiger partial charge is 0.342 e. The molecule has 2 aromatic rings. The molecule has 67 valence electrons. The Labute approximate surface area is 76.4 Å². The van der Waals surface area contributed by atoms with Gasteiger partial charge in [0.15, 0.2) is 0 Å². The average molecular weight is 175 g/mol. The number of H-pyrrole nitrogens is 1. The monoisotopic (exact) mass is 175 g/mol. The summed E-state index contributed by atoms with van der Waals surface area (Å²) in [5.41, 5.74) is 3.14. The van der Waals surface area contributed by atoms with E-state index in [0.29, 0.717) is 6.42 Å². The minimum atomic E-state index is -0.112. The molecule has 1 radical (unpaired) electrons. The first-order chi connectivity index (χ1) is 6.29. The number of nitrogens with zero attached hydrogens (tertiary/aromatic N) is 1. The zero-order valence-electron chi connectivity index (χ0n) is 7.50. The number of hydrogen-bond acceptors (Lipinski definition) is 1. The molecular formula is C10H11N2O. The first-order valence-corrected chi connectivity index (χ1v) is 4.33. The Kier molecular flexibility index (Phi) is 2.02. The normalized spacial score (nSPS) is 10.9. The molecule has 0 atom stereocenters. The highest BCUT2D eigenvalue weighted by Gasteiger charge is 2.01. The molecule has 1 N–H and O–H groups in total. The number of hydrogen-bond donors (Lipinski definition) is 1. The third kappa shape index (κ3) is 1.55. The van der Waals surface area contributed by atoms with Crippen LogP contribution in [0.3, 0.4) is 0 Å². The number of nitrogens with one attached hydrogen (secondary N) is 1. The van der Waals surface area contributed by atoms with Crippen molar-refractivity contribution in [2.45, 2.75) is 13.3 Å². The molecule has 3 heteroatoms. The summed E-state index contributed by atoms with van der Waals surface area (Å²) in [7, 11) is 0. The molecule has 0 unspecified atom stereocenters. The minimum Gasteiger partial charge on any atom is -0.342 e. The molecule has 13 heavy (non-hydrogen) atoms. The van der Waals surface area contributed by atoms with Crippen molar-refractivity contribution >= 4 is 11.0 Å². The molecule has 0 aliphatic heterocycles. The third-order valence-electron chi connectivity index (χ3n) is 2.03. The molecule has 0 fully saturated rings. The Morgan fingerprint density at radius 2 is 2.31 bits per heavy atom. The molecule has 0 spiro atoms. The van der Waals surface area contributed by atoms with Gasteiger partial charge in [0, 0.05) is 6.42 Å². The van der Waals surface area contributed by atoms with Crippen LogP contribution < -0.4 is 0 Å². The first-order valence-electron chi connectivity index (χ1n) is 4.33. The molecule has 2 rings (SSSR count). The lowest BCUT2D eigenvalue weighted by atomic mass is 10.2. The van der Waals surface area contributed by atoms with Gasteiger partial charge in [-0.25, -0.2) is 10.1 Å². The number of aromatic nitrogens is 2. The van der Waals surface area contributed by atoms with Crippen LogP contribution in [0.4, 0.5) is 0 Å². The highest BCUT2D eigenvalue weighted by atomic mass is 16.3. The van der Waals surface area contributed by atoms with Crippen molar-refractivity contribution < 1.29 is 5.11 Å². The van der Waals surface area contributed by atoms with Gasteiger partial charge in [0.25, 0.3) is 0 Å². The van der Waals surface area contributed by atoms with Crippen molar-refractivity contribution in [1.29, 1.82) is 0 Å². The molecule has 0 aliphatic carbocycles. The van der Waals surface area contributed by atoms with Crippen molar-refractivity contribution in [3.05, 3.63) is 29.6 Å². The van der Waals surface area contributed by atoms with Crippen LogP contribution in [0, 0.1) is 6.92 Å². The van der Waals surface area contributed by atoms with Gasteiger partial charge in [-0.3, -0.25) is 0 Å². The van der Waals surface area contributed by atoms with Crippen LogP contribution >= 0.6 is 0 Å². The molecule has 0 amide bonds. The van der Waals surface area contributed by atoms with Gasteiger partial charge in [-0.1, -0.05) is 6.07 Å². The average Bonchev–Trinajstić information content (AvgIpc) is 2.46. The standard InChI is InChI=1S/C10H11N2O/c1-7-2-3-8-9(6-7)12-10(11-8)4-5-13/h2-3,6H,4-5H2,1H3,(H,11,12). The highest BCUT2D eigenvalue weighted by Crippen LogP contribution is 2.13. The molecule has 0 saturated carbocycles. The van der Waals surface area contributed by atoms with Crippen LogP contribution in [0.25, 0.3) is 11.0 Å². The van der Waals surface area contributed by atoms with Crippen LogP contribution in [0.5, 0.6) is 0 Å². The molecule has 0 saturated heterocycles. The Morgan fingerprint density at radius 3 is 3.08 bits per heavy atom. The second-order valence-electron chi connectivity index (χ2n) is 3.16. The maximum absolute atomic E-state index is 10.4. The van der Waals surface area contributed by atoms with E-state index in [0.717, 1.165) is 16.9 Å². The maximum Gasteiger partial charge on any atom is 0.109 e. The van der Waals surface area contributed by atoms with Gasteiger partial charge in [0.05, 0.1) is 17.6 Å². The van der Waals surface area contributed by atoms with E-state index in [1.54, 1.807) is 0 Å². The van der Waals surface area contributed by atoms with E-state index in [9.17, 15) is 5.11 Å². The topological polar surface area (TPSA) is 48.6 Å². The summed E-state index contributed by atoms with van der Waals surface area (Å²) >= 11 is 0. The fraction of sp³-hybridized carbons (Fsp3) is 0.300. The molecule has 1 heterocycles. The summed E-state index contributed by atoms with van der Waals surface area (Å²) in [4.78, 5) is 7.42. The van der Waals surface area contributed by atoms with Gasteiger partial charge >= 0.3 is 0 Å². The predicted octanol–water partition coefficient (Wildman–Crippen LogP) is 1.84. The number of aromatic amines is 1. The second-order valence-corrected chi connectivity index (χ2v) is 3.16. The Bertz CT molecular complexity index is 420. The van der Waals surface area contributed by atoms with Crippen molar-refractivity contribution in [1.82, 2.24) is 9.97 Å². The van der Waals surface area contributed by atoms with Crippen molar-refractivity contribution in [2.75, 3.05) is 6.61 Å². The first kappa shape index (κ1) is 8.26. The second kappa shape index (κ2) is 3.18. The van der Waals surface area contributed by atoms with Gasteiger partial charge in [-0.15, -0.1) is 0 Å². The number of rotatable bonds is 2. The highest BCUT2D eigenvalue weighted by molar-refractivity contribution is 5.75. The van der Waals surface area contributed by atoms with E-state index in [-0.39, 0.29) is 6.61 Å². The van der Waals surface area contributed by atoms with Crippen LogP contribution in [-0.2, 0) is 11.5 Å². The summed E-state index contributed by atoms with van der Waals surface area (Å²) in [5, 5.41) is 10.4. The quantitative estimate of drug-likeness (QED) is 0.743. The van der Waals surface area contributed by atoms with Crippen LogP contribution in [0.15, 0.2) is 18.2 Å². The van der Waals surface area contributed by atoms with E-state index in [4.69, 9.17) is 0 Å². The van der Waals surface area contributed by atoms with E-state index >= 15 is 0 Å². The van der Waals surface area contributed by atoms with E-state index in [1.165, 1.54) is 5.56 Å². The number of aryl methyl sites for hydroxylation is 1. The number of imidazole rings is 1. The Morgan fingerprint density at radius 1 is 1.46 bits per heavy atom. The predicted molar refractivity (Wildman–Crippen MR) is 50.1 cm³/mol. The zero-order chi connectivity index (χ0) is 9.26. The summed E-state index contributed by atoms with van der Waals surface area (Å²) in [6.45, 7) is 1.92. The lowest BCUT2D eigenvalue weighted by Crippen LogP contribution is -1.90. The summed E-state index contributed by atoms with van der Waals surface area (Å²) < 4.78 is 0. The van der Waals surface area contributed by atoms with Gasteiger partial charge in [-0.05, 0) is 24.6 Å². The van der Waals surface area contributed by atoms with Crippen LogP contribution in [0.1, 0.15) is 11.4 Å². The van der Waals surface area contributed by atoms with Crippen molar-refractivity contribution in [3.63, 3.8) is 0 Å². The summed E-state index contributed by atoms with van der Waals surface area (Å²) in [6.07, 6.45) is 0.480. The third-order valence-corrected chi connectivity index (χ3v) is 2.03. The molecular weight excluding hydrogens is 164 g/mol. The molecule has 1 aromatic carbocycles. The van der Waals surface area contributed by atoms with Crippen LogP contribution in [0.2, 0.25) is 0 Å². The van der Waals surface area contributed by atoms with Gasteiger partial charge in [0.2, 0.25) is 0 Å². The lowest BCUT2D eigenvalue weighted by molar-refractivity contribution is 0.195.